The van der Waals surface area contributed by atoms with Crippen molar-refractivity contribution in [1.82, 2.24) is 5.32 Å². The first-order chi connectivity index (χ1) is 8.44. The molecule has 0 amide bonds. The average molecular weight is 272 g/mol. The van der Waals surface area contributed by atoms with Gasteiger partial charge in [0.05, 0.1) is 0 Å². The standard InChI is InChI=1S/C16H33NS/c1-7-12(3)18-15-11-13(16(4,5)8-2)9-10-14(15)17-6/h12-15,17H,7-11H2,1-6H3. The lowest BCUT2D eigenvalue weighted by molar-refractivity contribution is 0.142. The van der Waals surface area contributed by atoms with E-state index in [1.54, 1.807) is 0 Å². The second-order valence-electron chi connectivity index (χ2n) is 6.64. The third-order valence-corrected chi connectivity index (χ3v) is 6.83. The quantitative estimate of drug-likeness (QED) is 0.751. The summed E-state index contributed by atoms with van der Waals surface area (Å²) >= 11 is 2.22. The maximum Gasteiger partial charge on any atom is 0.0206 e. The van der Waals surface area contributed by atoms with Gasteiger partial charge in [-0.2, -0.15) is 11.8 Å². The Labute approximate surface area is 119 Å². The molecule has 1 N–H and O–H groups in total. The van der Waals surface area contributed by atoms with Crippen LogP contribution in [0.5, 0.6) is 0 Å². The van der Waals surface area contributed by atoms with Gasteiger partial charge in [-0.25, -0.2) is 0 Å². The molecule has 0 spiro atoms. The summed E-state index contributed by atoms with van der Waals surface area (Å²) in [5.41, 5.74) is 0.521. The van der Waals surface area contributed by atoms with Crippen molar-refractivity contribution in [3.05, 3.63) is 0 Å². The van der Waals surface area contributed by atoms with E-state index < -0.39 is 0 Å². The normalized spacial score (nSPS) is 31.3. The lowest BCUT2D eigenvalue weighted by Gasteiger charge is -2.43. The Morgan fingerprint density at radius 1 is 1.28 bits per heavy atom. The molecule has 1 fully saturated rings. The summed E-state index contributed by atoms with van der Waals surface area (Å²) in [4.78, 5) is 0. The van der Waals surface area contributed by atoms with Gasteiger partial charge in [-0.1, -0.05) is 41.0 Å². The van der Waals surface area contributed by atoms with Gasteiger partial charge in [0.1, 0.15) is 0 Å². The molecule has 2 heteroatoms. The summed E-state index contributed by atoms with van der Waals surface area (Å²) in [6.07, 6.45) is 6.77. The maximum atomic E-state index is 3.55. The van der Waals surface area contributed by atoms with Crippen molar-refractivity contribution in [2.45, 2.75) is 83.3 Å². The minimum absolute atomic E-state index is 0.521. The second-order valence-corrected chi connectivity index (χ2v) is 8.32. The van der Waals surface area contributed by atoms with E-state index in [2.05, 4.69) is 58.7 Å². The van der Waals surface area contributed by atoms with Crippen LogP contribution in [0.2, 0.25) is 0 Å². The molecule has 0 radical (unpaired) electrons. The highest BCUT2D eigenvalue weighted by Gasteiger charge is 2.37. The molecule has 4 atom stereocenters. The van der Waals surface area contributed by atoms with Gasteiger partial charge in [0.25, 0.3) is 0 Å². The molecule has 18 heavy (non-hydrogen) atoms. The first-order valence-electron chi connectivity index (χ1n) is 7.77. The van der Waals surface area contributed by atoms with Gasteiger partial charge >= 0.3 is 0 Å². The average Bonchev–Trinajstić information content (AvgIpc) is 2.38. The highest BCUT2D eigenvalue weighted by atomic mass is 32.2. The molecule has 1 nitrogen and oxygen atoms in total. The zero-order chi connectivity index (χ0) is 13.8. The fourth-order valence-electron chi connectivity index (χ4n) is 3.00. The monoisotopic (exact) mass is 271 g/mol. The second kappa shape index (κ2) is 7.19. The largest absolute Gasteiger partial charge is 0.316 e. The fourth-order valence-corrected chi connectivity index (χ4v) is 4.60. The van der Waals surface area contributed by atoms with Crippen LogP contribution in [0.4, 0.5) is 0 Å². The van der Waals surface area contributed by atoms with Gasteiger partial charge in [0, 0.05) is 16.5 Å². The van der Waals surface area contributed by atoms with E-state index in [4.69, 9.17) is 0 Å². The van der Waals surface area contributed by atoms with E-state index >= 15 is 0 Å². The van der Waals surface area contributed by atoms with Crippen molar-refractivity contribution in [1.29, 1.82) is 0 Å². The molecule has 0 aromatic carbocycles. The highest BCUT2D eigenvalue weighted by molar-refractivity contribution is 8.00. The van der Waals surface area contributed by atoms with Crippen LogP contribution in [0.1, 0.15) is 66.7 Å². The summed E-state index contributed by atoms with van der Waals surface area (Å²) < 4.78 is 0. The summed E-state index contributed by atoms with van der Waals surface area (Å²) in [7, 11) is 2.14. The van der Waals surface area contributed by atoms with Crippen LogP contribution in [0.15, 0.2) is 0 Å². The first kappa shape index (κ1) is 16.4. The van der Waals surface area contributed by atoms with E-state index in [0.29, 0.717) is 5.41 Å². The molecule has 0 aliphatic heterocycles. The number of rotatable bonds is 6. The third kappa shape index (κ3) is 4.16. The summed E-state index contributed by atoms with van der Waals surface area (Å²) in [5, 5.41) is 5.17. The van der Waals surface area contributed by atoms with Gasteiger partial charge < -0.3 is 5.32 Å². The van der Waals surface area contributed by atoms with E-state index in [1.807, 2.05) is 0 Å². The van der Waals surface area contributed by atoms with Crippen molar-refractivity contribution < 1.29 is 0 Å². The molecule has 108 valence electrons. The molecule has 0 heterocycles. The molecule has 1 rings (SSSR count). The summed E-state index contributed by atoms with van der Waals surface area (Å²) in [5.74, 6) is 0.911. The zero-order valence-corrected chi connectivity index (χ0v) is 14.1. The lowest BCUT2D eigenvalue weighted by atomic mass is 9.68. The molecule has 1 aliphatic rings. The van der Waals surface area contributed by atoms with Gasteiger partial charge in [0.2, 0.25) is 0 Å². The molecule has 0 bridgehead atoms. The first-order valence-corrected chi connectivity index (χ1v) is 8.71. The predicted molar refractivity (Wildman–Crippen MR) is 85.4 cm³/mol. The van der Waals surface area contributed by atoms with Crippen LogP contribution in [-0.2, 0) is 0 Å². The van der Waals surface area contributed by atoms with Crippen molar-refractivity contribution in [2.24, 2.45) is 11.3 Å². The van der Waals surface area contributed by atoms with E-state index in [0.717, 1.165) is 22.5 Å². The van der Waals surface area contributed by atoms with Gasteiger partial charge in [-0.3, -0.25) is 0 Å². The molecule has 1 aliphatic carbocycles. The molecule has 4 unspecified atom stereocenters. The zero-order valence-electron chi connectivity index (χ0n) is 13.3. The Morgan fingerprint density at radius 3 is 2.44 bits per heavy atom. The lowest BCUT2D eigenvalue weighted by Crippen LogP contribution is -2.44. The number of thioether (sulfide) groups is 1. The van der Waals surface area contributed by atoms with Crippen LogP contribution in [-0.4, -0.2) is 23.6 Å². The van der Waals surface area contributed by atoms with Crippen molar-refractivity contribution in [3.8, 4) is 0 Å². The van der Waals surface area contributed by atoms with Crippen molar-refractivity contribution in [3.63, 3.8) is 0 Å². The molecular formula is C16H33NS. The Kier molecular flexibility index (Phi) is 6.54. The summed E-state index contributed by atoms with van der Waals surface area (Å²) in [6, 6.07) is 0.730. The van der Waals surface area contributed by atoms with Crippen molar-refractivity contribution >= 4 is 11.8 Å². The Hall–Kier alpha value is 0.310. The van der Waals surface area contributed by atoms with Crippen LogP contribution < -0.4 is 5.32 Å². The van der Waals surface area contributed by atoms with Gasteiger partial charge in [-0.05, 0) is 44.1 Å². The molecule has 0 aromatic rings. The fraction of sp³-hybridized carbons (Fsp3) is 1.00. The minimum atomic E-state index is 0.521. The SMILES string of the molecule is CCC(C)SC1CC(C(C)(C)CC)CCC1NC. The van der Waals surface area contributed by atoms with Gasteiger partial charge in [-0.15, -0.1) is 0 Å². The smallest absolute Gasteiger partial charge is 0.0206 e. The Bertz CT molecular complexity index is 239. The van der Waals surface area contributed by atoms with Crippen LogP contribution in [0.25, 0.3) is 0 Å². The van der Waals surface area contributed by atoms with Gasteiger partial charge in [0.15, 0.2) is 0 Å². The Morgan fingerprint density at radius 2 is 1.94 bits per heavy atom. The van der Waals surface area contributed by atoms with Crippen molar-refractivity contribution in [2.75, 3.05) is 7.05 Å². The minimum Gasteiger partial charge on any atom is -0.316 e. The van der Waals surface area contributed by atoms with Crippen LogP contribution >= 0.6 is 11.8 Å². The molecule has 0 saturated heterocycles. The highest BCUT2D eigenvalue weighted by Crippen LogP contribution is 2.44. The molecule has 0 aromatic heterocycles. The number of nitrogens with one attached hydrogen (secondary N) is 1. The molecule has 1 saturated carbocycles. The van der Waals surface area contributed by atoms with Crippen LogP contribution in [0, 0.1) is 11.3 Å². The molecular weight excluding hydrogens is 238 g/mol. The van der Waals surface area contributed by atoms with E-state index in [-0.39, 0.29) is 0 Å². The topological polar surface area (TPSA) is 12.0 Å². The predicted octanol–water partition coefficient (Wildman–Crippen LogP) is 4.71. The Balaban J connectivity index is 2.65. The number of hydrogen-bond donors (Lipinski definition) is 1. The maximum absolute atomic E-state index is 3.55. The van der Waals surface area contributed by atoms with E-state index in [9.17, 15) is 0 Å². The summed E-state index contributed by atoms with van der Waals surface area (Å²) in [6.45, 7) is 12.0. The third-order valence-electron chi connectivity index (χ3n) is 5.16. The van der Waals surface area contributed by atoms with E-state index in [1.165, 1.54) is 32.1 Å². The van der Waals surface area contributed by atoms with Crippen LogP contribution in [0.3, 0.4) is 0 Å². The number of hydrogen-bond acceptors (Lipinski definition) is 2.